The van der Waals surface area contributed by atoms with E-state index in [9.17, 15) is 5.11 Å². The lowest BCUT2D eigenvalue weighted by Crippen LogP contribution is -2.22. The Hall–Kier alpha value is -1.06. The summed E-state index contributed by atoms with van der Waals surface area (Å²) in [5.74, 6) is 0.866. The van der Waals surface area contributed by atoms with E-state index in [1.807, 2.05) is 19.1 Å². The van der Waals surface area contributed by atoms with Crippen molar-refractivity contribution in [3.63, 3.8) is 0 Å². The van der Waals surface area contributed by atoms with Gasteiger partial charge in [-0.3, -0.25) is 0 Å². The zero-order chi connectivity index (χ0) is 13.0. The number of benzene rings is 1. The van der Waals surface area contributed by atoms with Crippen molar-refractivity contribution in [2.75, 3.05) is 13.2 Å². The second-order valence-electron chi connectivity index (χ2n) is 4.66. The summed E-state index contributed by atoms with van der Waals surface area (Å²) in [7, 11) is 0. The smallest absolute Gasteiger partial charge is 0.128 e. The summed E-state index contributed by atoms with van der Waals surface area (Å²) in [5, 5.41) is 10.5. The molecule has 18 heavy (non-hydrogen) atoms. The second kappa shape index (κ2) is 6.21. The zero-order valence-electron chi connectivity index (χ0n) is 11.2. The summed E-state index contributed by atoms with van der Waals surface area (Å²) in [4.78, 5) is 0. The molecule has 1 aromatic rings. The van der Waals surface area contributed by atoms with Gasteiger partial charge < -0.3 is 14.6 Å². The highest BCUT2D eigenvalue weighted by molar-refractivity contribution is 5.45. The Morgan fingerprint density at radius 3 is 2.94 bits per heavy atom. The van der Waals surface area contributed by atoms with Crippen LogP contribution in [0.1, 0.15) is 43.9 Å². The molecule has 1 heterocycles. The van der Waals surface area contributed by atoms with Crippen LogP contribution in [0, 0.1) is 0 Å². The predicted octanol–water partition coefficient (Wildman–Crippen LogP) is 2.86. The highest BCUT2D eigenvalue weighted by Gasteiger charge is 2.26. The first-order valence-corrected chi connectivity index (χ1v) is 6.82. The normalized spacial score (nSPS) is 17.1. The highest BCUT2D eigenvalue weighted by Crippen LogP contribution is 2.36. The Morgan fingerprint density at radius 2 is 2.22 bits per heavy atom. The van der Waals surface area contributed by atoms with E-state index in [2.05, 4.69) is 13.0 Å². The van der Waals surface area contributed by atoms with E-state index in [-0.39, 0.29) is 6.10 Å². The van der Waals surface area contributed by atoms with Crippen molar-refractivity contribution < 1.29 is 14.6 Å². The van der Waals surface area contributed by atoms with Crippen molar-refractivity contribution in [1.82, 2.24) is 0 Å². The summed E-state index contributed by atoms with van der Waals surface area (Å²) in [6.45, 7) is 5.40. The highest BCUT2D eigenvalue weighted by atomic mass is 16.5. The van der Waals surface area contributed by atoms with Gasteiger partial charge in [-0.1, -0.05) is 31.5 Å². The third kappa shape index (κ3) is 2.68. The van der Waals surface area contributed by atoms with Crippen LogP contribution in [0.5, 0.6) is 5.75 Å². The first-order valence-electron chi connectivity index (χ1n) is 6.82. The summed E-state index contributed by atoms with van der Waals surface area (Å²) in [6, 6.07) is 5.99. The fourth-order valence-electron chi connectivity index (χ4n) is 2.50. The lowest BCUT2D eigenvalue weighted by Gasteiger charge is -2.24. The first kappa shape index (κ1) is 13.4. The van der Waals surface area contributed by atoms with E-state index >= 15 is 0 Å². The lowest BCUT2D eigenvalue weighted by molar-refractivity contribution is -0.0392. The summed E-state index contributed by atoms with van der Waals surface area (Å²) in [6.07, 6.45) is 2.05. The topological polar surface area (TPSA) is 38.7 Å². The molecular formula is C15H22O3. The van der Waals surface area contributed by atoms with Gasteiger partial charge >= 0.3 is 0 Å². The van der Waals surface area contributed by atoms with Crippen LogP contribution < -0.4 is 4.74 Å². The van der Waals surface area contributed by atoms with E-state index in [1.54, 1.807) is 0 Å². The number of hydrogen-bond acceptors (Lipinski definition) is 3. The maximum atomic E-state index is 10.5. The maximum Gasteiger partial charge on any atom is 0.128 e. The van der Waals surface area contributed by atoms with Gasteiger partial charge in [0.15, 0.2) is 0 Å². The third-order valence-corrected chi connectivity index (χ3v) is 3.37. The van der Waals surface area contributed by atoms with Crippen LogP contribution >= 0.6 is 0 Å². The molecule has 1 aliphatic rings. The van der Waals surface area contributed by atoms with Crippen LogP contribution in [0.15, 0.2) is 18.2 Å². The molecule has 0 aliphatic carbocycles. The van der Waals surface area contributed by atoms with E-state index in [0.29, 0.717) is 13.2 Å². The Kier molecular flexibility index (Phi) is 4.61. The van der Waals surface area contributed by atoms with Crippen LogP contribution in [0.25, 0.3) is 0 Å². The quantitative estimate of drug-likeness (QED) is 0.843. The summed E-state index contributed by atoms with van der Waals surface area (Å²) < 4.78 is 11.3. The van der Waals surface area contributed by atoms with Gasteiger partial charge in [-0.15, -0.1) is 0 Å². The molecule has 2 unspecified atom stereocenters. The standard InChI is InChI=1S/C15H22O3/c1-3-6-13(17-4-2)14(16)12-8-5-7-11-9-10-18-15(11)12/h5,7-8,13-14,16H,3-4,6,9-10H2,1-2H3. The van der Waals surface area contributed by atoms with E-state index in [1.165, 1.54) is 5.56 Å². The Balaban J connectivity index is 2.21. The summed E-state index contributed by atoms with van der Waals surface area (Å²) in [5.41, 5.74) is 2.06. The van der Waals surface area contributed by atoms with Crippen LogP contribution in [-0.4, -0.2) is 24.4 Å². The molecule has 1 aliphatic heterocycles. The number of para-hydroxylation sites is 1. The number of fused-ring (bicyclic) bond motifs is 1. The van der Waals surface area contributed by atoms with Gasteiger partial charge in [-0.2, -0.15) is 0 Å². The largest absolute Gasteiger partial charge is 0.493 e. The molecule has 0 saturated carbocycles. The zero-order valence-corrected chi connectivity index (χ0v) is 11.2. The van der Waals surface area contributed by atoms with E-state index in [4.69, 9.17) is 9.47 Å². The minimum Gasteiger partial charge on any atom is -0.493 e. The van der Waals surface area contributed by atoms with Crippen LogP contribution in [0.2, 0.25) is 0 Å². The van der Waals surface area contributed by atoms with Gasteiger partial charge in [-0.25, -0.2) is 0 Å². The molecule has 1 aromatic carbocycles. The van der Waals surface area contributed by atoms with Gasteiger partial charge in [0.2, 0.25) is 0 Å². The van der Waals surface area contributed by atoms with Crippen molar-refractivity contribution in [1.29, 1.82) is 0 Å². The van der Waals surface area contributed by atoms with E-state index < -0.39 is 6.10 Å². The van der Waals surface area contributed by atoms with Gasteiger partial charge in [0.05, 0.1) is 12.7 Å². The molecule has 1 N–H and O–H groups in total. The van der Waals surface area contributed by atoms with Crippen molar-refractivity contribution in [2.45, 2.75) is 45.3 Å². The molecule has 2 atom stereocenters. The molecule has 100 valence electrons. The Labute approximate surface area is 109 Å². The fourth-order valence-corrected chi connectivity index (χ4v) is 2.50. The van der Waals surface area contributed by atoms with Crippen LogP contribution in [0.4, 0.5) is 0 Å². The molecular weight excluding hydrogens is 228 g/mol. The first-order chi connectivity index (χ1) is 8.77. The molecule has 0 fully saturated rings. The molecule has 3 heteroatoms. The van der Waals surface area contributed by atoms with Crippen LogP contribution in [0.3, 0.4) is 0 Å². The lowest BCUT2D eigenvalue weighted by atomic mass is 9.98. The average Bonchev–Trinajstić information content (AvgIpc) is 2.85. The predicted molar refractivity (Wildman–Crippen MR) is 70.9 cm³/mol. The van der Waals surface area contributed by atoms with Gasteiger partial charge in [0, 0.05) is 18.6 Å². The molecule has 0 spiro atoms. The maximum absolute atomic E-state index is 10.5. The molecule has 2 rings (SSSR count). The van der Waals surface area contributed by atoms with Crippen molar-refractivity contribution in [2.24, 2.45) is 0 Å². The minimum atomic E-state index is -0.599. The minimum absolute atomic E-state index is 0.143. The van der Waals surface area contributed by atoms with Crippen molar-refractivity contribution in [3.05, 3.63) is 29.3 Å². The number of aliphatic hydroxyl groups excluding tert-OH is 1. The van der Waals surface area contributed by atoms with Gasteiger partial charge in [0.25, 0.3) is 0 Å². The number of aliphatic hydroxyl groups is 1. The van der Waals surface area contributed by atoms with Crippen LogP contribution in [-0.2, 0) is 11.2 Å². The van der Waals surface area contributed by atoms with Gasteiger partial charge in [-0.05, 0) is 18.9 Å². The molecule has 0 amide bonds. The summed E-state index contributed by atoms with van der Waals surface area (Å²) >= 11 is 0. The molecule has 0 bridgehead atoms. The fraction of sp³-hybridized carbons (Fsp3) is 0.600. The van der Waals surface area contributed by atoms with E-state index in [0.717, 1.165) is 30.6 Å². The Morgan fingerprint density at radius 1 is 1.39 bits per heavy atom. The molecule has 0 aromatic heterocycles. The third-order valence-electron chi connectivity index (χ3n) is 3.37. The molecule has 0 saturated heterocycles. The van der Waals surface area contributed by atoms with Gasteiger partial charge in [0.1, 0.15) is 11.9 Å². The van der Waals surface area contributed by atoms with Crippen molar-refractivity contribution >= 4 is 0 Å². The van der Waals surface area contributed by atoms with Crippen molar-refractivity contribution in [3.8, 4) is 5.75 Å². The Bertz CT molecular complexity index is 383. The number of rotatable bonds is 6. The molecule has 3 nitrogen and oxygen atoms in total. The number of ether oxygens (including phenoxy) is 2. The monoisotopic (exact) mass is 250 g/mol. The number of hydrogen-bond donors (Lipinski definition) is 1. The SMILES string of the molecule is CCCC(OCC)C(O)c1cccc2c1OCC2. The average molecular weight is 250 g/mol. The second-order valence-corrected chi connectivity index (χ2v) is 4.66. The molecule has 0 radical (unpaired) electrons.